The van der Waals surface area contributed by atoms with Crippen LogP contribution >= 0.6 is 0 Å². The Morgan fingerprint density at radius 2 is 1.59 bits per heavy atom. The molecular formula is C34H35N2O+. The molecule has 0 saturated heterocycles. The van der Waals surface area contributed by atoms with Gasteiger partial charge in [0.1, 0.15) is 11.1 Å². The van der Waals surface area contributed by atoms with Crippen molar-refractivity contribution < 1.29 is 8.98 Å². The molecule has 3 nitrogen and oxygen atoms in total. The van der Waals surface area contributed by atoms with Crippen LogP contribution in [0.2, 0.25) is 0 Å². The molecule has 1 aliphatic rings. The first kappa shape index (κ1) is 22.6. The molecule has 0 radical (unpaired) electrons. The Bertz CT molecular complexity index is 1870. The summed E-state index contributed by atoms with van der Waals surface area (Å²) in [6.07, 6.45) is 2.42. The van der Waals surface area contributed by atoms with E-state index in [1.807, 2.05) is 0 Å². The van der Waals surface area contributed by atoms with Crippen LogP contribution in [-0.4, -0.2) is 4.57 Å². The van der Waals surface area contributed by atoms with Crippen molar-refractivity contribution in [1.29, 1.82) is 0 Å². The minimum atomic E-state index is 0.142. The van der Waals surface area contributed by atoms with E-state index in [9.17, 15) is 0 Å². The molecule has 2 aromatic heterocycles. The first-order valence-corrected chi connectivity index (χ1v) is 13.5. The van der Waals surface area contributed by atoms with Gasteiger partial charge in [0.25, 0.3) is 5.82 Å². The van der Waals surface area contributed by atoms with Crippen LogP contribution in [0.25, 0.3) is 55.1 Å². The highest BCUT2D eigenvalue weighted by atomic mass is 16.3. The number of nitrogens with zero attached hydrogens (tertiary/aromatic N) is 2. The first-order valence-electron chi connectivity index (χ1n) is 13.5. The third-order valence-electron chi connectivity index (χ3n) is 9.23. The smallest absolute Gasteiger partial charge is 0.293 e. The molecule has 0 N–H and O–H groups in total. The molecule has 7 rings (SSSR count). The minimum Gasteiger partial charge on any atom is -0.455 e. The van der Waals surface area contributed by atoms with E-state index in [-0.39, 0.29) is 10.8 Å². The second kappa shape index (κ2) is 7.25. The fourth-order valence-electron chi connectivity index (χ4n) is 7.03. The van der Waals surface area contributed by atoms with E-state index in [0.717, 1.165) is 17.0 Å². The van der Waals surface area contributed by atoms with Gasteiger partial charge in [0.2, 0.25) is 0 Å². The third-order valence-corrected chi connectivity index (χ3v) is 9.23. The molecule has 0 fully saturated rings. The molecule has 0 aliphatic heterocycles. The number of fused-ring (bicyclic) bond motifs is 7. The van der Waals surface area contributed by atoms with E-state index in [4.69, 9.17) is 4.42 Å². The lowest BCUT2D eigenvalue weighted by Gasteiger charge is -2.42. The van der Waals surface area contributed by atoms with Crippen LogP contribution in [0.1, 0.15) is 57.2 Å². The zero-order valence-corrected chi connectivity index (χ0v) is 23.0. The van der Waals surface area contributed by atoms with Crippen molar-refractivity contribution in [2.45, 2.75) is 58.3 Å². The quantitative estimate of drug-likeness (QED) is 0.214. The van der Waals surface area contributed by atoms with Gasteiger partial charge in [-0.15, -0.1) is 0 Å². The molecule has 4 aromatic carbocycles. The van der Waals surface area contributed by atoms with Crippen LogP contribution in [0.3, 0.4) is 0 Å². The third kappa shape index (κ3) is 2.97. The van der Waals surface area contributed by atoms with E-state index in [2.05, 4.69) is 119 Å². The molecular weight excluding hydrogens is 452 g/mol. The number of hydrogen-bond donors (Lipinski definition) is 0. The second-order valence-electron chi connectivity index (χ2n) is 12.5. The fraction of sp³-hybridized carbons (Fsp3) is 0.324. The first-order chi connectivity index (χ1) is 17.6. The number of aryl methyl sites for hydroxylation is 3. The SMILES string of the molecule is Cc1ccc2c(oc3cc4c5c(ccc4cc32)C(C)(C)CCC5(C)C)c1-c1n(C)c2ccccc2[n+]1C. The summed E-state index contributed by atoms with van der Waals surface area (Å²) in [7, 11) is 4.31. The van der Waals surface area contributed by atoms with Crippen LogP contribution in [-0.2, 0) is 24.9 Å². The summed E-state index contributed by atoms with van der Waals surface area (Å²) in [6.45, 7) is 11.8. The molecule has 186 valence electrons. The van der Waals surface area contributed by atoms with Gasteiger partial charge in [-0.3, -0.25) is 0 Å². The highest BCUT2D eigenvalue weighted by Crippen LogP contribution is 2.49. The monoisotopic (exact) mass is 487 g/mol. The molecule has 1 aliphatic carbocycles. The number of benzene rings is 4. The Morgan fingerprint density at radius 3 is 2.38 bits per heavy atom. The maximum absolute atomic E-state index is 6.82. The second-order valence-corrected chi connectivity index (χ2v) is 12.5. The van der Waals surface area contributed by atoms with Crippen LogP contribution in [0.15, 0.2) is 65.1 Å². The Balaban J connectivity index is 1.58. The summed E-state index contributed by atoms with van der Waals surface area (Å²) in [5, 5.41) is 5.02. The summed E-state index contributed by atoms with van der Waals surface area (Å²) >= 11 is 0. The Morgan fingerprint density at radius 1 is 0.838 bits per heavy atom. The molecule has 0 saturated carbocycles. The van der Waals surface area contributed by atoms with Crippen molar-refractivity contribution in [3.8, 4) is 11.4 Å². The van der Waals surface area contributed by atoms with Crippen LogP contribution in [0.5, 0.6) is 0 Å². The zero-order chi connectivity index (χ0) is 25.9. The Kier molecular flexibility index (Phi) is 4.43. The van der Waals surface area contributed by atoms with Crippen LogP contribution in [0, 0.1) is 6.92 Å². The van der Waals surface area contributed by atoms with Crippen molar-refractivity contribution in [3.05, 3.63) is 77.4 Å². The van der Waals surface area contributed by atoms with Crippen LogP contribution in [0.4, 0.5) is 0 Å². The zero-order valence-electron chi connectivity index (χ0n) is 23.0. The lowest BCUT2D eigenvalue weighted by Crippen LogP contribution is -2.34. The van der Waals surface area contributed by atoms with E-state index >= 15 is 0 Å². The predicted octanol–water partition coefficient (Wildman–Crippen LogP) is 8.38. The molecule has 3 heteroatoms. The highest BCUT2D eigenvalue weighted by Gasteiger charge is 2.38. The van der Waals surface area contributed by atoms with Gasteiger partial charge >= 0.3 is 0 Å². The van der Waals surface area contributed by atoms with Crippen LogP contribution < -0.4 is 4.57 Å². The average Bonchev–Trinajstić information content (AvgIpc) is 3.34. The summed E-state index contributed by atoms with van der Waals surface area (Å²) < 4.78 is 11.4. The molecule has 0 amide bonds. The number of hydrogen-bond acceptors (Lipinski definition) is 1. The van der Waals surface area contributed by atoms with E-state index in [1.54, 1.807) is 0 Å². The average molecular weight is 488 g/mol. The lowest BCUT2D eigenvalue weighted by atomic mass is 9.62. The molecule has 6 aromatic rings. The standard InChI is InChI=1S/C34H35N2O/c1-20-12-14-22-24-18-21-13-15-25-30(34(4,5)17-16-33(25,2)3)23(21)19-28(24)37-31(22)29(20)32-35(6)26-10-8-9-11-27(26)36(32)7/h8-15,18-19H,16-17H2,1-7H3/q+1. The van der Waals surface area contributed by atoms with Gasteiger partial charge in [0, 0.05) is 10.8 Å². The summed E-state index contributed by atoms with van der Waals surface area (Å²) in [5.74, 6) is 1.16. The number of rotatable bonds is 1. The predicted molar refractivity (Wildman–Crippen MR) is 154 cm³/mol. The Labute approximate surface area is 218 Å². The normalized spacial score (nSPS) is 16.7. The topological polar surface area (TPSA) is 21.9 Å². The maximum Gasteiger partial charge on any atom is 0.293 e. The Hall–Kier alpha value is -3.59. The van der Waals surface area contributed by atoms with Crippen molar-refractivity contribution in [1.82, 2.24) is 4.57 Å². The summed E-state index contributed by atoms with van der Waals surface area (Å²) in [5.41, 5.74) is 10.1. The molecule has 0 atom stereocenters. The number of aromatic nitrogens is 2. The molecule has 0 spiro atoms. The van der Waals surface area contributed by atoms with E-state index in [0.29, 0.717) is 0 Å². The van der Waals surface area contributed by atoms with Gasteiger partial charge in [-0.25, -0.2) is 9.13 Å². The van der Waals surface area contributed by atoms with Crippen molar-refractivity contribution in [3.63, 3.8) is 0 Å². The van der Waals surface area contributed by atoms with Crippen molar-refractivity contribution >= 4 is 43.7 Å². The van der Waals surface area contributed by atoms with Gasteiger partial charge in [-0.05, 0) is 82.3 Å². The van der Waals surface area contributed by atoms with Gasteiger partial charge in [-0.1, -0.05) is 64.1 Å². The largest absolute Gasteiger partial charge is 0.455 e. The molecule has 2 heterocycles. The van der Waals surface area contributed by atoms with Crippen molar-refractivity contribution in [2.24, 2.45) is 14.1 Å². The number of furan rings is 1. The number of para-hydroxylation sites is 2. The van der Waals surface area contributed by atoms with Crippen molar-refractivity contribution in [2.75, 3.05) is 0 Å². The minimum absolute atomic E-state index is 0.142. The summed E-state index contributed by atoms with van der Waals surface area (Å²) in [4.78, 5) is 0. The fourth-order valence-corrected chi connectivity index (χ4v) is 7.03. The van der Waals surface area contributed by atoms with E-state index in [1.165, 1.54) is 67.7 Å². The lowest BCUT2D eigenvalue weighted by molar-refractivity contribution is -0.634. The molecule has 37 heavy (non-hydrogen) atoms. The van der Waals surface area contributed by atoms with Gasteiger partial charge < -0.3 is 4.42 Å². The van der Waals surface area contributed by atoms with E-state index < -0.39 is 0 Å². The maximum atomic E-state index is 6.82. The molecule has 0 bridgehead atoms. The highest BCUT2D eigenvalue weighted by molar-refractivity contribution is 6.14. The number of imidazole rings is 1. The van der Waals surface area contributed by atoms with Gasteiger partial charge in [0.05, 0.1) is 14.1 Å². The molecule has 0 unspecified atom stereocenters. The van der Waals surface area contributed by atoms with Gasteiger partial charge in [-0.2, -0.15) is 0 Å². The summed E-state index contributed by atoms with van der Waals surface area (Å²) in [6, 6.07) is 22.5. The van der Waals surface area contributed by atoms with Gasteiger partial charge in [0.15, 0.2) is 16.6 Å².